The normalized spacial score (nSPS) is 11.0. The van der Waals surface area contributed by atoms with Crippen molar-refractivity contribution in [1.29, 1.82) is 0 Å². The summed E-state index contributed by atoms with van der Waals surface area (Å²) in [4.78, 5) is 0. The molecule has 0 unspecified atom stereocenters. The topological polar surface area (TPSA) is 12.0 Å². The van der Waals surface area contributed by atoms with Crippen molar-refractivity contribution >= 4 is 11.6 Å². The van der Waals surface area contributed by atoms with Gasteiger partial charge in [0.1, 0.15) is 0 Å². The van der Waals surface area contributed by atoms with Gasteiger partial charge in [0.15, 0.2) is 0 Å². The first-order chi connectivity index (χ1) is 4.70. The molecule has 0 heterocycles. The summed E-state index contributed by atoms with van der Waals surface area (Å²) in [6.07, 6.45) is 3.96. The number of halogens is 1. The lowest BCUT2D eigenvalue weighted by Crippen LogP contribution is -1.96. The Morgan fingerprint density at radius 2 is 2.10 bits per heavy atom. The van der Waals surface area contributed by atoms with Gasteiger partial charge in [-0.05, 0) is 19.4 Å². The van der Waals surface area contributed by atoms with Crippen LogP contribution >= 0.6 is 11.6 Å². The highest BCUT2D eigenvalue weighted by atomic mass is 35.5. The van der Waals surface area contributed by atoms with Gasteiger partial charge in [0, 0.05) is 19.1 Å². The Morgan fingerprint density at radius 3 is 2.40 bits per heavy atom. The molecule has 0 saturated heterocycles. The molecule has 0 aliphatic rings. The molecule has 58 valence electrons. The Hall–Kier alpha value is -0.430. The van der Waals surface area contributed by atoms with Crippen LogP contribution in [-0.2, 0) is 0 Å². The maximum absolute atomic E-state index is 5.64. The van der Waals surface area contributed by atoms with E-state index in [0.717, 1.165) is 5.57 Å². The van der Waals surface area contributed by atoms with Crippen molar-refractivity contribution in [2.24, 2.45) is 0 Å². The van der Waals surface area contributed by atoms with Gasteiger partial charge in [-0.3, -0.25) is 0 Å². The number of allylic oxidation sites excluding steroid dienone is 3. The van der Waals surface area contributed by atoms with E-state index in [4.69, 9.17) is 11.6 Å². The highest BCUT2D eigenvalue weighted by Crippen LogP contribution is 2.02. The Bertz CT molecular complexity index is 143. The van der Waals surface area contributed by atoms with Gasteiger partial charge < -0.3 is 5.32 Å². The maximum Gasteiger partial charge on any atom is 0.0488 e. The second-order valence-corrected chi connectivity index (χ2v) is 2.63. The van der Waals surface area contributed by atoms with E-state index < -0.39 is 0 Å². The molecule has 0 saturated carbocycles. The molecule has 1 nitrogen and oxygen atoms in total. The summed E-state index contributed by atoms with van der Waals surface area (Å²) in [7, 11) is 1.87. The number of alkyl halides is 1. The van der Waals surface area contributed by atoms with Gasteiger partial charge in [0.25, 0.3) is 0 Å². The molecular formula is C8H14ClN. The highest BCUT2D eigenvalue weighted by Gasteiger charge is 1.87. The number of nitrogens with one attached hydrogen (secondary N) is 1. The fraction of sp³-hybridized carbons (Fsp3) is 0.500. The monoisotopic (exact) mass is 159 g/mol. The molecule has 1 N–H and O–H groups in total. The fourth-order valence-corrected chi connectivity index (χ4v) is 0.829. The van der Waals surface area contributed by atoms with E-state index >= 15 is 0 Å². The first-order valence-electron chi connectivity index (χ1n) is 3.28. The third kappa shape index (κ3) is 4.45. The number of hydrogen-bond acceptors (Lipinski definition) is 1. The maximum atomic E-state index is 5.64. The smallest absolute Gasteiger partial charge is 0.0488 e. The quantitative estimate of drug-likeness (QED) is 0.492. The lowest BCUT2D eigenvalue weighted by molar-refractivity contribution is 1.08. The third-order valence-corrected chi connectivity index (χ3v) is 1.27. The van der Waals surface area contributed by atoms with Crippen LogP contribution < -0.4 is 5.32 Å². The van der Waals surface area contributed by atoms with Crippen LogP contribution in [0.25, 0.3) is 0 Å². The van der Waals surface area contributed by atoms with E-state index in [1.54, 1.807) is 0 Å². The molecule has 10 heavy (non-hydrogen) atoms. The zero-order valence-electron chi connectivity index (χ0n) is 6.74. The minimum atomic E-state index is 0.562. The molecule has 0 radical (unpaired) electrons. The van der Waals surface area contributed by atoms with Crippen molar-refractivity contribution in [3.63, 3.8) is 0 Å². The molecule has 0 aliphatic carbocycles. The second-order valence-electron chi connectivity index (χ2n) is 2.36. The van der Waals surface area contributed by atoms with Crippen LogP contribution in [-0.4, -0.2) is 12.9 Å². The van der Waals surface area contributed by atoms with Crippen LogP contribution in [0.5, 0.6) is 0 Å². The molecule has 0 amide bonds. The lowest BCUT2D eigenvalue weighted by atomic mass is 10.2. The second kappa shape index (κ2) is 5.36. The van der Waals surface area contributed by atoms with Crippen molar-refractivity contribution in [2.45, 2.75) is 13.8 Å². The minimum absolute atomic E-state index is 0.562. The molecule has 0 aromatic heterocycles. The van der Waals surface area contributed by atoms with Crippen LogP contribution in [0.15, 0.2) is 23.4 Å². The van der Waals surface area contributed by atoms with Crippen LogP contribution in [0.4, 0.5) is 0 Å². The van der Waals surface area contributed by atoms with Gasteiger partial charge >= 0.3 is 0 Å². The van der Waals surface area contributed by atoms with Crippen LogP contribution in [0, 0.1) is 0 Å². The van der Waals surface area contributed by atoms with Crippen molar-refractivity contribution in [2.75, 3.05) is 12.9 Å². The van der Waals surface area contributed by atoms with Crippen LogP contribution in [0.2, 0.25) is 0 Å². The van der Waals surface area contributed by atoms with Gasteiger partial charge in [0.05, 0.1) is 0 Å². The van der Waals surface area contributed by atoms with Crippen molar-refractivity contribution in [3.8, 4) is 0 Å². The lowest BCUT2D eigenvalue weighted by Gasteiger charge is -1.96. The summed E-state index contributed by atoms with van der Waals surface area (Å²) < 4.78 is 0. The average molecular weight is 160 g/mol. The van der Waals surface area contributed by atoms with Crippen LogP contribution in [0.1, 0.15) is 13.8 Å². The zero-order chi connectivity index (χ0) is 7.98. The molecular weight excluding hydrogens is 146 g/mol. The Balaban J connectivity index is 4.09. The van der Waals surface area contributed by atoms with Gasteiger partial charge in [-0.15, -0.1) is 11.6 Å². The number of hydrogen-bond donors (Lipinski definition) is 1. The molecule has 0 fully saturated rings. The molecule has 0 rings (SSSR count). The Kier molecular flexibility index (Phi) is 5.13. The molecule has 0 aromatic rings. The molecule has 0 aromatic carbocycles. The highest BCUT2D eigenvalue weighted by molar-refractivity contribution is 6.19. The van der Waals surface area contributed by atoms with E-state index in [-0.39, 0.29) is 0 Å². The first-order valence-corrected chi connectivity index (χ1v) is 3.81. The SMILES string of the molecule is CN/C=C(\C=C(C)C)CCl. The van der Waals surface area contributed by atoms with E-state index in [9.17, 15) is 0 Å². The predicted octanol–water partition coefficient (Wildman–Crippen LogP) is 2.29. The van der Waals surface area contributed by atoms with E-state index in [1.807, 2.05) is 13.2 Å². The minimum Gasteiger partial charge on any atom is -0.394 e. The molecule has 2 heteroatoms. The summed E-state index contributed by atoms with van der Waals surface area (Å²) in [6.45, 7) is 4.10. The van der Waals surface area contributed by atoms with Crippen LogP contribution in [0.3, 0.4) is 0 Å². The molecule has 0 aliphatic heterocycles. The van der Waals surface area contributed by atoms with Crippen molar-refractivity contribution in [1.82, 2.24) is 5.32 Å². The van der Waals surface area contributed by atoms with Crippen molar-refractivity contribution in [3.05, 3.63) is 23.4 Å². The van der Waals surface area contributed by atoms with Gasteiger partial charge in [-0.1, -0.05) is 11.6 Å². The number of rotatable bonds is 3. The van der Waals surface area contributed by atoms with Gasteiger partial charge in [-0.25, -0.2) is 0 Å². The largest absolute Gasteiger partial charge is 0.394 e. The predicted molar refractivity (Wildman–Crippen MR) is 47.3 cm³/mol. The fourth-order valence-electron chi connectivity index (χ4n) is 0.675. The molecule has 0 atom stereocenters. The summed E-state index contributed by atoms with van der Waals surface area (Å²) >= 11 is 5.64. The Labute approximate surface area is 67.8 Å². The first kappa shape index (κ1) is 9.57. The average Bonchev–Trinajstić information content (AvgIpc) is 1.86. The van der Waals surface area contributed by atoms with E-state index in [0.29, 0.717) is 5.88 Å². The summed E-state index contributed by atoms with van der Waals surface area (Å²) in [5.74, 6) is 0.562. The summed E-state index contributed by atoms with van der Waals surface area (Å²) in [6, 6.07) is 0. The van der Waals surface area contributed by atoms with Gasteiger partial charge in [-0.2, -0.15) is 0 Å². The Morgan fingerprint density at radius 1 is 1.50 bits per heavy atom. The summed E-state index contributed by atoms with van der Waals surface area (Å²) in [5.41, 5.74) is 2.38. The standard InChI is InChI=1S/C8H14ClN/c1-7(2)4-8(5-9)6-10-3/h4,6,10H,5H2,1-3H3/b8-6+. The summed E-state index contributed by atoms with van der Waals surface area (Å²) in [5, 5.41) is 2.93. The van der Waals surface area contributed by atoms with Crippen molar-refractivity contribution < 1.29 is 0 Å². The van der Waals surface area contributed by atoms with E-state index in [2.05, 4.69) is 25.2 Å². The molecule has 0 bridgehead atoms. The van der Waals surface area contributed by atoms with E-state index in [1.165, 1.54) is 5.57 Å². The van der Waals surface area contributed by atoms with Gasteiger partial charge in [0.2, 0.25) is 0 Å². The molecule has 0 spiro atoms. The third-order valence-electron chi connectivity index (χ3n) is 0.958. The zero-order valence-corrected chi connectivity index (χ0v) is 7.50.